The van der Waals surface area contributed by atoms with Crippen LogP contribution in [0.15, 0.2) is 60.8 Å². The number of imidazole rings is 1. The van der Waals surface area contributed by atoms with E-state index < -0.39 is 0 Å². The Bertz CT molecular complexity index is 768. The van der Waals surface area contributed by atoms with Crippen molar-refractivity contribution < 1.29 is 9.84 Å². The van der Waals surface area contributed by atoms with Gasteiger partial charge in [0, 0.05) is 18.3 Å². The van der Waals surface area contributed by atoms with Gasteiger partial charge >= 0.3 is 0 Å². The van der Waals surface area contributed by atoms with E-state index in [2.05, 4.69) is 34.2 Å². The second-order valence-electron chi connectivity index (χ2n) is 6.10. The van der Waals surface area contributed by atoms with Crippen LogP contribution in [0.5, 0.6) is 5.75 Å². The maximum atomic E-state index is 8.92. The van der Waals surface area contributed by atoms with Gasteiger partial charge in [-0.05, 0) is 42.5 Å². The van der Waals surface area contributed by atoms with Crippen molar-refractivity contribution in [2.24, 2.45) is 0 Å². The summed E-state index contributed by atoms with van der Waals surface area (Å²) in [6.07, 6.45) is 5.44. The predicted octanol–water partition coefficient (Wildman–Crippen LogP) is 3.70. The van der Waals surface area contributed by atoms with E-state index >= 15 is 0 Å². The second-order valence-corrected chi connectivity index (χ2v) is 6.10. The highest BCUT2D eigenvalue weighted by Gasteiger charge is 2.02. The summed E-state index contributed by atoms with van der Waals surface area (Å²) in [4.78, 5) is 7.52. The van der Waals surface area contributed by atoms with E-state index in [1.54, 1.807) is 0 Å². The van der Waals surface area contributed by atoms with Crippen molar-refractivity contribution in [2.45, 2.75) is 32.3 Å². The first kappa shape index (κ1) is 17.2. The van der Waals surface area contributed by atoms with Crippen molar-refractivity contribution in [3.63, 3.8) is 0 Å². The van der Waals surface area contributed by atoms with Crippen LogP contribution in [0.3, 0.4) is 0 Å². The van der Waals surface area contributed by atoms with Crippen molar-refractivity contribution in [2.75, 3.05) is 6.61 Å². The number of nitrogens with zero attached hydrogens (tertiary/aromatic N) is 1. The van der Waals surface area contributed by atoms with Gasteiger partial charge in [-0.2, -0.15) is 0 Å². The molecular weight excluding hydrogens is 312 g/mol. The van der Waals surface area contributed by atoms with Crippen molar-refractivity contribution >= 4 is 0 Å². The standard InChI is InChI=1S/C21H24N2O2/c24-13-12-21-22-15-19(23-21)10-4-8-17-9-5-11-20(14-17)25-16-18-6-2-1-3-7-18/h1-3,5-7,9,11,14-15,24H,4,8,10,12-13,16H2,(H,22,23). The van der Waals surface area contributed by atoms with E-state index in [-0.39, 0.29) is 6.61 Å². The number of aliphatic hydroxyl groups excluding tert-OH is 1. The van der Waals surface area contributed by atoms with Crippen LogP contribution in [0, 0.1) is 0 Å². The Morgan fingerprint density at radius 2 is 1.76 bits per heavy atom. The molecular formula is C21H24N2O2. The van der Waals surface area contributed by atoms with Gasteiger partial charge in [-0.15, -0.1) is 0 Å². The number of nitrogens with one attached hydrogen (secondary N) is 1. The van der Waals surface area contributed by atoms with Crippen molar-refractivity contribution in [3.8, 4) is 5.75 Å². The van der Waals surface area contributed by atoms with Crippen molar-refractivity contribution in [3.05, 3.63) is 83.4 Å². The summed E-state index contributed by atoms with van der Waals surface area (Å²) in [7, 11) is 0. The predicted molar refractivity (Wildman–Crippen MR) is 98.6 cm³/mol. The van der Waals surface area contributed by atoms with Gasteiger partial charge < -0.3 is 14.8 Å². The zero-order valence-electron chi connectivity index (χ0n) is 14.3. The lowest BCUT2D eigenvalue weighted by atomic mass is 10.1. The summed E-state index contributed by atoms with van der Waals surface area (Å²) in [6, 6.07) is 18.5. The molecule has 2 aromatic carbocycles. The first-order chi connectivity index (χ1) is 12.3. The van der Waals surface area contributed by atoms with Gasteiger partial charge in [-0.3, -0.25) is 0 Å². The number of aromatic nitrogens is 2. The first-order valence-corrected chi connectivity index (χ1v) is 8.73. The van der Waals surface area contributed by atoms with Crippen LogP contribution >= 0.6 is 0 Å². The summed E-state index contributed by atoms with van der Waals surface area (Å²) in [5.74, 6) is 1.77. The third kappa shape index (κ3) is 5.47. The molecule has 0 fully saturated rings. The zero-order chi connectivity index (χ0) is 17.3. The van der Waals surface area contributed by atoms with Crippen LogP contribution in [0.1, 0.15) is 29.1 Å². The number of rotatable bonds is 9. The fraction of sp³-hybridized carbons (Fsp3) is 0.286. The molecule has 130 valence electrons. The molecule has 2 N–H and O–H groups in total. The molecule has 0 amide bonds. The zero-order valence-corrected chi connectivity index (χ0v) is 14.3. The molecule has 3 rings (SSSR count). The van der Waals surface area contributed by atoms with Crippen LogP contribution < -0.4 is 4.74 Å². The van der Waals surface area contributed by atoms with Crippen LogP contribution in [-0.2, 0) is 25.9 Å². The van der Waals surface area contributed by atoms with Crippen molar-refractivity contribution in [1.82, 2.24) is 9.97 Å². The van der Waals surface area contributed by atoms with Gasteiger partial charge in [0.05, 0.1) is 6.61 Å². The number of aryl methyl sites for hydroxylation is 2. The monoisotopic (exact) mass is 336 g/mol. The Morgan fingerprint density at radius 1 is 0.920 bits per heavy atom. The van der Waals surface area contributed by atoms with E-state index in [0.29, 0.717) is 13.0 Å². The van der Waals surface area contributed by atoms with E-state index in [4.69, 9.17) is 9.84 Å². The van der Waals surface area contributed by atoms with E-state index in [9.17, 15) is 0 Å². The maximum Gasteiger partial charge on any atom is 0.120 e. The first-order valence-electron chi connectivity index (χ1n) is 8.73. The highest BCUT2D eigenvalue weighted by Crippen LogP contribution is 2.17. The Labute approximate surface area is 148 Å². The number of ether oxygens (including phenoxy) is 1. The molecule has 0 saturated carbocycles. The molecule has 1 aromatic heterocycles. The van der Waals surface area contributed by atoms with Crippen LogP contribution in [-0.4, -0.2) is 21.7 Å². The number of hydrogen-bond acceptors (Lipinski definition) is 3. The summed E-state index contributed by atoms with van der Waals surface area (Å²) >= 11 is 0. The lowest BCUT2D eigenvalue weighted by Gasteiger charge is -2.08. The van der Waals surface area contributed by atoms with Gasteiger partial charge in [0.15, 0.2) is 0 Å². The highest BCUT2D eigenvalue weighted by atomic mass is 16.5. The molecule has 0 aliphatic carbocycles. The van der Waals surface area contributed by atoms with Gasteiger partial charge in [-0.25, -0.2) is 4.98 Å². The number of aromatic amines is 1. The molecule has 25 heavy (non-hydrogen) atoms. The molecule has 0 spiro atoms. The SMILES string of the molecule is OCCc1ncc(CCCc2cccc(OCc3ccccc3)c2)[nH]1. The van der Waals surface area contributed by atoms with Crippen LogP contribution in [0.25, 0.3) is 0 Å². The average Bonchev–Trinajstić information content (AvgIpc) is 3.09. The summed E-state index contributed by atoms with van der Waals surface area (Å²) < 4.78 is 5.89. The van der Waals surface area contributed by atoms with Crippen molar-refractivity contribution in [1.29, 1.82) is 0 Å². The molecule has 0 bridgehead atoms. The quantitative estimate of drug-likeness (QED) is 0.626. The minimum Gasteiger partial charge on any atom is -0.489 e. The molecule has 0 saturated heterocycles. The number of hydrogen-bond donors (Lipinski definition) is 2. The summed E-state index contributed by atoms with van der Waals surface area (Å²) in [5, 5.41) is 8.92. The minimum absolute atomic E-state index is 0.128. The molecule has 0 aliphatic rings. The third-order valence-electron chi connectivity index (χ3n) is 4.09. The Balaban J connectivity index is 1.47. The van der Waals surface area contributed by atoms with Gasteiger partial charge in [0.2, 0.25) is 0 Å². The Hall–Kier alpha value is -2.59. The van der Waals surface area contributed by atoms with Gasteiger partial charge in [-0.1, -0.05) is 42.5 Å². The lowest BCUT2D eigenvalue weighted by Crippen LogP contribution is -1.96. The smallest absolute Gasteiger partial charge is 0.120 e. The minimum atomic E-state index is 0.128. The maximum absolute atomic E-state index is 8.92. The number of H-pyrrole nitrogens is 1. The van der Waals surface area contributed by atoms with Gasteiger partial charge in [0.25, 0.3) is 0 Å². The molecule has 0 atom stereocenters. The molecule has 0 aliphatic heterocycles. The van der Waals surface area contributed by atoms with Gasteiger partial charge in [0.1, 0.15) is 18.2 Å². The van der Waals surface area contributed by atoms with Crippen LogP contribution in [0.2, 0.25) is 0 Å². The molecule has 4 heteroatoms. The van der Waals surface area contributed by atoms with E-state index in [1.165, 1.54) is 11.1 Å². The van der Waals surface area contributed by atoms with E-state index in [1.807, 2.05) is 36.5 Å². The van der Waals surface area contributed by atoms with Crippen LogP contribution in [0.4, 0.5) is 0 Å². The third-order valence-corrected chi connectivity index (χ3v) is 4.09. The molecule has 0 unspecified atom stereocenters. The summed E-state index contributed by atoms with van der Waals surface area (Å²) in [6.45, 7) is 0.717. The molecule has 0 radical (unpaired) electrons. The Morgan fingerprint density at radius 3 is 2.60 bits per heavy atom. The topological polar surface area (TPSA) is 58.1 Å². The lowest BCUT2D eigenvalue weighted by molar-refractivity contribution is 0.297. The highest BCUT2D eigenvalue weighted by molar-refractivity contribution is 5.29. The average molecular weight is 336 g/mol. The molecule has 3 aromatic rings. The number of aliphatic hydroxyl groups is 1. The molecule has 1 heterocycles. The number of benzene rings is 2. The normalized spacial score (nSPS) is 10.8. The largest absolute Gasteiger partial charge is 0.489 e. The summed E-state index contributed by atoms with van der Waals surface area (Å²) in [5.41, 5.74) is 3.58. The van der Waals surface area contributed by atoms with E-state index in [0.717, 1.165) is 36.5 Å². The molecule has 4 nitrogen and oxygen atoms in total. The Kier molecular flexibility index (Phi) is 6.23. The fourth-order valence-corrected chi connectivity index (χ4v) is 2.78. The second kappa shape index (κ2) is 9.04. The fourth-order valence-electron chi connectivity index (χ4n) is 2.78.